The number of nitrogens with one attached hydrogen (secondary N) is 2. The van der Waals surface area contributed by atoms with E-state index >= 15 is 0 Å². The van der Waals surface area contributed by atoms with Gasteiger partial charge in [-0.05, 0) is 41.8 Å². The van der Waals surface area contributed by atoms with Crippen LogP contribution in [0.4, 0.5) is 23.1 Å². The highest BCUT2D eigenvalue weighted by Crippen LogP contribution is 2.31. The fraction of sp³-hybridized carbons (Fsp3) is 0.167. The molecule has 0 atom stereocenters. The van der Waals surface area contributed by atoms with E-state index in [9.17, 15) is 0 Å². The average Bonchev–Trinajstić information content (AvgIpc) is 3.27. The third-order valence-corrected chi connectivity index (χ3v) is 5.90. The first-order valence-electron chi connectivity index (χ1n) is 10.7. The molecule has 1 aliphatic rings. The molecule has 32 heavy (non-hydrogen) atoms. The number of hydrogen-bond acceptors (Lipinski definition) is 7. The SMILES string of the molecule is c1cnc(N2CCN(c3cccc4cc(Nc5n[nH]c6cccnc56)ccc34)CC2)nc1. The molecule has 1 saturated heterocycles. The fourth-order valence-corrected chi connectivity index (χ4v) is 4.30. The quantitative estimate of drug-likeness (QED) is 0.453. The van der Waals surface area contributed by atoms with Gasteiger partial charge in [0.15, 0.2) is 5.82 Å². The highest BCUT2D eigenvalue weighted by Gasteiger charge is 2.20. The number of anilines is 4. The molecule has 0 bridgehead atoms. The van der Waals surface area contributed by atoms with Crippen LogP contribution in [0.25, 0.3) is 21.8 Å². The second kappa shape index (κ2) is 7.81. The Morgan fingerprint density at radius 3 is 2.47 bits per heavy atom. The first kappa shape index (κ1) is 18.6. The van der Waals surface area contributed by atoms with Crippen LogP contribution in [0.5, 0.6) is 0 Å². The number of aromatic nitrogens is 5. The molecule has 1 aliphatic heterocycles. The zero-order valence-corrected chi connectivity index (χ0v) is 17.4. The van der Waals surface area contributed by atoms with Crippen molar-refractivity contribution in [3.63, 3.8) is 0 Å². The average molecular weight is 422 g/mol. The second-order valence-electron chi connectivity index (χ2n) is 7.83. The number of H-pyrrole nitrogens is 1. The minimum atomic E-state index is 0.732. The lowest BCUT2D eigenvalue weighted by Gasteiger charge is -2.36. The van der Waals surface area contributed by atoms with Crippen LogP contribution in [0.1, 0.15) is 0 Å². The maximum atomic E-state index is 4.43. The van der Waals surface area contributed by atoms with E-state index in [1.54, 1.807) is 18.6 Å². The van der Waals surface area contributed by atoms with Gasteiger partial charge < -0.3 is 15.1 Å². The van der Waals surface area contributed by atoms with Crippen molar-refractivity contribution in [2.75, 3.05) is 41.3 Å². The van der Waals surface area contributed by atoms with Gasteiger partial charge >= 0.3 is 0 Å². The van der Waals surface area contributed by atoms with Crippen LogP contribution >= 0.6 is 0 Å². The molecule has 5 aromatic rings. The van der Waals surface area contributed by atoms with Crippen LogP contribution in [0.2, 0.25) is 0 Å². The Bertz CT molecular complexity index is 1370. The molecule has 8 nitrogen and oxygen atoms in total. The zero-order valence-electron chi connectivity index (χ0n) is 17.4. The Morgan fingerprint density at radius 1 is 0.781 bits per heavy atom. The van der Waals surface area contributed by atoms with Gasteiger partial charge in [-0.25, -0.2) is 9.97 Å². The van der Waals surface area contributed by atoms with Crippen LogP contribution in [-0.4, -0.2) is 51.3 Å². The molecule has 0 unspecified atom stereocenters. The largest absolute Gasteiger partial charge is 0.367 e. The summed E-state index contributed by atoms with van der Waals surface area (Å²) in [5.41, 5.74) is 3.99. The second-order valence-corrected chi connectivity index (χ2v) is 7.83. The first-order chi connectivity index (χ1) is 15.8. The Labute approximate surface area is 184 Å². The predicted octanol–water partition coefficient (Wildman–Crippen LogP) is 3.97. The summed E-state index contributed by atoms with van der Waals surface area (Å²) in [7, 11) is 0. The van der Waals surface area contributed by atoms with E-state index in [1.165, 1.54) is 16.5 Å². The van der Waals surface area contributed by atoms with Crippen molar-refractivity contribution < 1.29 is 0 Å². The van der Waals surface area contributed by atoms with E-state index in [0.717, 1.165) is 54.7 Å². The van der Waals surface area contributed by atoms with Crippen molar-refractivity contribution in [1.82, 2.24) is 25.1 Å². The Balaban J connectivity index is 1.24. The highest BCUT2D eigenvalue weighted by atomic mass is 15.3. The summed E-state index contributed by atoms with van der Waals surface area (Å²) >= 11 is 0. The van der Waals surface area contributed by atoms with Crippen molar-refractivity contribution >= 4 is 44.9 Å². The van der Waals surface area contributed by atoms with Crippen molar-refractivity contribution in [1.29, 1.82) is 0 Å². The molecule has 8 heteroatoms. The van der Waals surface area contributed by atoms with Gasteiger partial charge in [0.05, 0.1) is 5.52 Å². The van der Waals surface area contributed by atoms with Crippen LogP contribution in [-0.2, 0) is 0 Å². The van der Waals surface area contributed by atoms with Crippen LogP contribution in [0, 0.1) is 0 Å². The number of aromatic amines is 1. The summed E-state index contributed by atoms with van der Waals surface area (Å²) in [6.07, 6.45) is 5.37. The number of pyridine rings is 1. The van der Waals surface area contributed by atoms with Gasteiger partial charge in [0, 0.05) is 61.5 Å². The van der Waals surface area contributed by atoms with Crippen LogP contribution in [0.3, 0.4) is 0 Å². The van der Waals surface area contributed by atoms with Gasteiger partial charge in [0.2, 0.25) is 5.95 Å². The van der Waals surface area contributed by atoms with Crippen molar-refractivity contribution in [2.24, 2.45) is 0 Å². The van der Waals surface area contributed by atoms with Crippen molar-refractivity contribution in [3.05, 3.63) is 73.2 Å². The number of fused-ring (bicyclic) bond motifs is 2. The predicted molar refractivity (Wildman–Crippen MR) is 128 cm³/mol. The molecule has 0 aliphatic carbocycles. The van der Waals surface area contributed by atoms with Gasteiger partial charge in [0.25, 0.3) is 0 Å². The normalized spacial score (nSPS) is 14.2. The molecule has 4 heterocycles. The lowest BCUT2D eigenvalue weighted by atomic mass is 10.1. The fourth-order valence-electron chi connectivity index (χ4n) is 4.30. The van der Waals surface area contributed by atoms with Gasteiger partial charge in [-0.2, -0.15) is 5.10 Å². The summed E-state index contributed by atoms with van der Waals surface area (Å²) in [5, 5.41) is 13.2. The molecule has 1 fully saturated rings. The maximum absolute atomic E-state index is 4.43. The Morgan fingerprint density at radius 2 is 1.59 bits per heavy atom. The van der Waals surface area contributed by atoms with Crippen LogP contribution < -0.4 is 15.1 Å². The molecule has 158 valence electrons. The number of piperazine rings is 1. The number of rotatable bonds is 4. The smallest absolute Gasteiger partial charge is 0.225 e. The van der Waals surface area contributed by atoms with Crippen molar-refractivity contribution in [3.8, 4) is 0 Å². The number of hydrogen-bond donors (Lipinski definition) is 2. The monoisotopic (exact) mass is 422 g/mol. The molecular weight excluding hydrogens is 400 g/mol. The van der Waals surface area contributed by atoms with E-state index in [4.69, 9.17) is 0 Å². The topological polar surface area (TPSA) is 85.9 Å². The number of nitrogens with zero attached hydrogens (tertiary/aromatic N) is 6. The van der Waals surface area contributed by atoms with Gasteiger partial charge in [-0.1, -0.05) is 18.2 Å². The van der Waals surface area contributed by atoms with E-state index in [2.05, 4.69) is 76.7 Å². The van der Waals surface area contributed by atoms with E-state index in [-0.39, 0.29) is 0 Å². The molecule has 3 aromatic heterocycles. The standard InChI is InChI=1S/C24H22N8/c1-4-17-16-18(28-23-22-20(29-30-23)5-2-9-25-22)7-8-19(17)21(6-1)31-12-14-32(15-13-31)24-26-10-3-11-27-24/h1-11,16H,12-15H2,(H2,28,29,30). The van der Waals surface area contributed by atoms with E-state index in [0.29, 0.717) is 0 Å². The lowest BCUT2D eigenvalue weighted by molar-refractivity contribution is 0.641. The number of benzene rings is 2. The highest BCUT2D eigenvalue weighted by molar-refractivity contribution is 5.97. The minimum absolute atomic E-state index is 0.732. The lowest BCUT2D eigenvalue weighted by Crippen LogP contribution is -2.47. The minimum Gasteiger partial charge on any atom is -0.367 e. The molecule has 0 amide bonds. The summed E-state index contributed by atoms with van der Waals surface area (Å²) in [5.74, 6) is 1.54. The van der Waals surface area contributed by atoms with Crippen molar-refractivity contribution in [2.45, 2.75) is 0 Å². The van der Waals surface area contributed by atoms with E-state index in [1.807, 2.05) is 18.2 Å². The third-order valence-electron chi connectivity index (χ3n) is 5.90. The third kappa shape index (κ3) is 3.35. The molecule has 0 radical (unpaired) electrons. The molecular formula is C24H22N8. The van der Waals surface area contributed by atoms with Gasteiger partial charge in [0.1, 0.15) is 5.52 Å². The summed E-state index contributed by atoms with van der Waals surface area (Å²) in [6, 6.07) is 18.6. The Hall–Kier alpha value is -4.20. The zero-order chi connectivity index (χ0) is 21.3. The van der Waals surface area contributed by atoms with E-state index < -0.39 is 0 Å². The molecule has 2 aromatic carbocycles. The molecule has 0 saturated carbocycles. The summed E-state index contributed by atoms with van der Waals surface area (Å²) in [4.78, 5) is 17.9. The molecule has 2 N–H and O–H groups in total. The first-order valence-corrected chi connectivity index (χ1v) is 10.7. The summed E-state index contributed by atoms with van der Waals surface area (Å²) in [6.45, 7) is 3.67. The van der Waals surface area contributed by atoms with Crippen LogP contribution in [0.15, 0.2) is 73.2 Å². The Kier molecular flexibility index (Phi) is 4.53. The summed E-state index contributed by atoms with van der Waals surface area (Å²) < 4.78 is 0. The van der Waals surface area contributed by atoms with Gasteiger partial charge in [-0.3, -0.25) is 10.1 Å². The molecule has 6 rings (SSSR count). The van der Waals surface area contributed by atoms with Gasteiger partial charge in [-0.15, -0.1) is 0 Å². The maximum Gasteiger partial charge on any atom is 0.225 e. The molecule has 0 spiro atoms.